The van der Waals surface area contributed by atoms with Crippen LogP contribution >= 0.6 is 0 Å². The van der Waals surface area contributed by atoms with Crippen molar-refractivity contribution in [3.63, 3.8) is 0 Å². The van der Waals surface area contributed by atoms with E-state index in [-0.39, 0.29) is 5.88 Å². The van der Waals surface area contributed by atoms with Gasteiger partial charge in [0.25, 0.3) is 0 Å². The lowest BCUT2D eigenvalue weighted by molar-refractivity contribution is 0.235. The number of aromatic nitrogens is 1. The summed E-state index contributed by atoms with van der Waals surface area (Å²) < 4.78 is 0. The number of piperidine rings is 1. The van der Waals surface area contributed by atoms with E-state index in [1.54, 1.807) is 6.07 Å². The molecule has 1 aliphatic heterocycles. The van der Waals surface area contributed by atoms with Crippen LogP contribution in [-0.2, 0) is 0 Å². The van der Waals surface area contributed by atoms with Gasteiger partial charge >= 0.3 is 0 Å². The Labute approximate surface area is 124 Å². The predicted octanol–water partition coefficient (Wildman–Crippen LogP) is 2.06. The first-order chi connectivity index (χ1) is 10.2. The molecular formula is C16H22N4O. The van der Waals surface area contributed by atoms with Crippen LogP contribution in [0.15, 0.2) is 29.3 Å². The minimum Gasteiger partial charge on any atom is -0.495 e. The molecule has 2 heterocycles. The van der Waals surface area contributed by atoms with Crippen LogP contribution in [0.2, 0.25) is 0 Å². The van der Waals surface area contributed by atoms with Crippen molar-refractivity contribution in [2.45, 2.75) is 19.3 Å². The second kappa shape index (κ2) is 6.18. The third-order valence-corrected chi connectivity index (χ3v) is 4.05. The molecule has 5 nitrogen and oxygen atoms in total. The highest BCUT2D eigenvalue weighted by atomic mass is 16.3. The fourth-order valence-electron chi connectivity index (χ4n) is 2.86. The summed E-state index contributed by atoms with van der Waals surface area (Å²) in [6, 6.07) is 7.49. The highest BCUT2D eigenvalue weighted by Gasteiger charge is 2.09. The van der Waals surface area contributed by atoms with Gasteiger partial charge in [0.2, 0.25) is 0 Å². The zero-order valence-corrected chi connectivity index (χ0v) is 12.2. The largest absolute Gasteiger partial charge is 0.495 e. The smallest absolute Gasteiger partial charge is 0.189 e. The van der Waals surface area contributed by atoms with Crippen LogP contribution in [0.25, 0.3) is 10.9 Å². The Kier molecular flexibility index (Phi) is 4.10. The first kappa shape index (κ1) is 13.9. The molecule has 4 N–H and O–H groups in total. The average molecular weight is 286 g/mol. The van der Waals surface area contributed by atoms with Gasteiger partial charge in [-0.05, 0) is 44.1 Å². The number of aromatic hydroxyl groups is 1. The Morgan fingerprint density at radius 2 is 2.05 bits per heavy atom. The molecule has 1 aromatic heterocycles. The van der Waals surface area contributed by atoms with Crippen molar-refractivity contribution in [2.24, 2.45) is 10.7 Å². The van der Waals surface area contributed by atoms with Crippen molar-refractivity contribution in [3.05, 3.63) is 29.8 Å². The van der Waals surface area contributed by atoms with E-state index < -0.39 is 0 Å². The maximum atomic E-state index is 9.45. The molecule has 1 fully saturated rings. The van der Waals surface area contributed by atoms with Gasteiger partial charge in [-0.15, -0.1) is 0 Å². The number of hydrogen-bond donors (Lipinski definition) is 3. The summed E-state index contributed by atoms with van der Waals surface area (Å²) in [5.41, 5.74) is 7.87. The number of nitrogens with one attached hydrogen (secondary N) is 1. The van der Waals surface area contributed by atoms with E-state index in [2.05, 4.69) is 14.9 Å². The number of aliphatic imine (C=N–C) groups is 1. The van der Waals surface area contributed by atoms with Crippen molar-refractivity contribution in [1.29, 1.82) is 0 Å². The zero-order chi connectivity index (χ0) is 14.7. The Hall–Kier alpha value is -2.01. The molecule has 0 atom stereocenters. The van der Waals surface area contributed by atoms with E-state index in [0.717, 1.165) is 29.6 Å². The molecule has 0 amide bonds. The number of rotatable bonds is 4. The van der Waals surface area contributed by atoms with Gasteiger partial charge in [0.15, 0.2) is 5.88 Å². The molecule has 0 unspecified atom stereocenters. The SMILES string of the molecule is NC(=NCCN1CCCCC1)c1ccc2[nH]c(O)cc2c1. The molecular weight excluding hydrogens is 264 g/mol. The van der Waals surface area contributed by atoms with Crippen molar-refractivity contribution < 1.29 is 5.11 Å². The molecule has 2 aromatic rings. The molecule has 0 spiro atoms. The Balaban J connectivity index is 1.64. The number of nitrogens with zero attached hydrogens (tertiary/aromatic N) is 2. The summed E-state index contributed by atoms with van der Waals surface area (Å²) in [4.78, 5) is 9.81. The summed E-state index contributed by atoms with van der Waals surface area (Å²) >= 11 is 0. The van der Waals surface area contributed by atoms with Crippen LogP contribution < -0.4 is 5.73 Å². The highest BCUT2D eigenvalue weighted by molar-refractivity contribution is 6.00. The molecule has 0 saturated carbocycles. The summed E-state index contributed by atoms with van der Waals surface area (Å²) in [5, 5.41) is 10.4. The van der Waals surface area contributed by atoms with Gasteiger partial charge in [0.05, 0.1) is 6.54 Å². The van der Waals surface area contributed by atoms with Crippen LogP contribution in [0.3, 0.4) is 0 Å². The van der Waals surface area contributed by atoms with Gasteiger partial charge in [0.1, 0.15) is 5.84 Å². The van der Waals surface area contributed by atoms with Crippen molar-refractivity contribution in [3.8, 4) is 5.88 Å². The van der Waals surface area contributed by atoms with Gasteiger partial charge in [-0.1, -0.05) is 6.42 Å². The summed E-state index contributed by atoms with van der Waals surface area (Å²) in [5.74, 6) is 0.734. The fourth-order valence-corrected chi connectivity index (χ4v) is 2.86. The number of amidine groups is 1. The van der Waals surface area contributed by atoms with E-state index in [1.165, 1.54) is 32.4 Å². The number of nitrogens with two attached hydrogens (primary N) is 1. The lowest BCUT2D eigenvalue weighted by Gasteiger charge is -2.25. The van der Waals surface area contributed by atoms with E-state index >= 15 is 0 Å². The molecule has 3 rings (SSSR count). The van der Waals surface area contributed by atoms with Crippen LogP contribution in [0.1, 0.15) is 24.8 Å². The monoisotopic (exact) mass is 286 g/mol. The molecule has 0 radical (unpaired) electrons. The number of H-pyrrole nitrogens is 1. The number of fused-ring (bicyclic) bond motifs is 1. The van der Waals surface area contributed by atoms with Crippen LogP contribution in [0.5, 0.6) is 5.88 Å². The third-order valence-electron chi connectivity index (χ3n) is 4.05. The van der Waals surface area contributed by atoms with Crippen LogP contribution in [-0.4, -0.2) is 47.0 Å². The van der Waals surface area contributed by atoms with E-state index in [4.69, 9.17) is 5.73 Å². The molecule has 1 aromatic carbocycles. The van der Waals surface area contributed by atoms with E-state index in [0.29, 0.717) is 5.84 Å². The lowest BCUT2D eigenvalue weighted by atomic mass is 10.1. The Bertz CT molecular complexity index is 641. The van der Waals surface area contributed by atoms with Crippen molar-refractivity contribution in [1.82, 2.24) is 9.88 Å². The maximum Gasteiger partial charge on any atom is 0.189 e. The second-order valence-electron chi connectivity index (χ2n) is 5.63. The molecule has 5 heteroatoms. The van der Waals surface area contributed by atoms with E-state index in [9.17, 15) is 5.11 Å². The second-order valence-corrected chi connectivity index (χ2v) is 5.63. The number of benzene rings is 1. The van der Waals surface area contributed by atoms with Gasteiger partial charge < -0.3 is 20.7 Å². The summed E-state index contributed by atoms with van der Waals surface area (Å²) in [7, 11) is 0. The standard InChI is InChI=1S/C16H22N4O/c17-16(18-6-9-20-7-2-1-3-8-20)12-4-5-14-13(10-12)11-15(21)19-14/h4-5,10-11,19,21H,1-3,6-9H2,(H2,17,18). The van der Waals surface area contributed by atoms with Crippen molar-refractivity contribution >= 4 is 16.7 Å². The van der Waals surface area contributed by atoms with Gasteiger partial charge in [0, 0.05) is 29.1 Å². The van der Waals surface area contributed by atoms with Crippen LogP contribution in [0, 0.1) is 0 Å². The number of likely N-dealkylation sites (tertiary alicyclic amines) is 1. The van der Waals surface area contributed by atoms with Gasteiger partial charge in [-0.3, -0.25) is 4.99 Å². The summed E-state index contributed by atoms with van der Waals surface area (Å²) in [6.45, 7) is 4.09. The molecule has 21 heavy (non-hydrogen) atoms. The summed E-state index contributed by atoms with van der Waals surface area (Å²) in [6.07, 6.45) is 3.95. The van der Waals surface area contributed by atoms with Gasteiger partial charge in [-0.2, -0.15) is 0 Å². The zero-order valence-electron chi connectivity index (χ0n) is 12.2. The average Bonchev–Trinajstić information content (AvgIpc) is 2.87. The molecule has 0 bridgehead atoms. The molecule has 1 aliphatic rings. The van der Waals surface area contributed by atoms with Crippen LogP contribution in [0.4, 0.5) is 0 Å². The highest BCUT2D eigenvalue weighted by Crippen LogP contribution is 2.20. The van der Waals surface area contributed by atoms with Gasteiger partial charge in [-0.25, -0.2) is 0 Å². The number of aromatic amines is 1. The predicted molar refractivity (Wildman–Crippen MR) is 85.8 cm³/mol. The third kappa shape index (κ3) is 3.36. The van der Waals surface area contributed by atoms with E-state index in [1.807, 2.05) is 18.2 Å². The molecule has 112 valence electrons. The Morgan fingerprint density at radius 3 is 2.86 bits per heavy atom. The van der Waals surface area contributed by atoms with Crippen molar-refractivity contribution in [2.75, 3.05) is 26.2 Å². The first-order valence-corrected chi connectivity index (χ1v) is 7.57. The first-order valence-electron chi connectivity index (χ1n) is 7.57. The Morgan fingerprint density at radius 1 is 1.24 bits per heavy atom. The topological polar surface area (TPSA) is 77.6 Å². The maximum absolute atomic E-state index is 9.45. The normalized spacial score (nSPS) is 17.4. The minimum absolute atomic E-state index is 0.169. The quantitative estimate of drug-likeness (QED) is 0.595. The number of hydrogen-bond acceptors (Lipinski definition) is 3. The fraction of sp³-hybridized carbons (Fsp3) is 0.438. The molecule has 0 aliphatic carbocycles. The lowest BCUT2D eigenvalue weighted by Crippen LogP contribution is -2.32. The minimum atomic E-state index is 0.169. The molecule has 1 saturated heterocycles.